The van der Waals surface area contributed by atoms with Crippen molar-refractivity contribution in [1.82, 2.24) is 5.32 Å². The Labute approximate surface area is 93.7 Å². The first kappa shape index (κ1) is 10.7. The number of hydrogen-bond donors (Lipinski definition) is 2. The van der Waals surface area contributed by atoms with E-state index in [1.807, 2.05) is 12.2 Å². The first-order valence-corrected chi connectivity index (χ1v) is 5.27. The predicted octanol–water partition coefficient (Wildman–Crippen LogP) is 0.259. The summed E-state index contributed by atoms with van der Waals surface area (Å²) in [5.41, 5.74) is 0. The standard InChI is InChI=1S/C12H13NO3/c1-2-5-13-11(14)9-7-3-4-8(6-7)10(9)12(15)16/h1,3-4,7-10H,5-6H2,(H,13,14)(H,15,16). The summed E-state index contributed by atoms with van der Waals surface area (Å²) in [5.74, 6) is 0.203. The van der Waals surface area contributed by atoms with Crippen molar-refractivity contribution in [2.75, 3.05) is 6.54 Å². The van der Waals surface area contributed by atoms with Crippen LogP contribution in [0.5, 0.6) is 0 Å². The van der Waals surface area contributed by atoms with Crippen LogP contribution in [0.1, 0.15) is 6.42 Å². The highest BCUT2D eigenvalue weighted by Crippen LogP contribution is 2.48. The van der Waals surface area contributed by atoms with Crippen molar-refractivity contribution in [2.45, 2.75) is 6.42 Å². The molecule has 16 heavy (non-hydrogen) atoms. The second-order valence-electron chi connectivity index (χ2n) is 4.26. The second-order valence-corrected chi connectivity index (χ2v) is 4.26. The third kappa shape index (κ3) is 1.58. The third-order valence-corrected chi connectivity index (χ3v) is 3.41. The molecule has 1 amide bonds. The van der Waals surface area contributed by atoms with Gasteiger partial charge in [-0.25, -0.2) is 0 Å². The van der Waals surface area contributed by atoms with Gasteiger partial charge < -0.3 is 10.4 Å². The fraction of sp³-hybridized carbons (Fsp3) is 0.500. The summed E-state index contributed by atoms with van der Waals surface area (Å²) < 4.78 is 0. The van der Waals surface area contributed by atoms with E-state index in [1.165, 1.54) is 0 Å². The van der Waals surface area contributed by atoms with Crippen LogP contribution in [-0.4, -0.2) is 23.5 Å². The topological polar surface area (TPSA) is 66.4 Å². The van der Waals surface area contributed by atoms with Crippen LogP contribution in [0.4, 0.5) is 0 Å². The van der Waals surface area contributed by atoms with Gasteiger partial charge >= 0.3 is 5.97 Å². The highest BCUT2D eigenvalue weighted by molar-refractivity contribution is 5.86. The SMILES string of the molecule is C#CCNC(=O)C1C2C=CC(C2)C1C(=O)O. The van der Waals surface area contributed by atoms with Gasteiger partial charge in [0.05, 0.1) is 18.4 Å². The molecule has 84 valence electrons. The molecule has 4 nitrogen and oxygen atoms in total. The Kier molecular flexibility index (Phi) is 2.69. The number of amides is 1. The molecule has 0 aromatic heterocycles. The fourth-order valence-electron chi connectivity index (χ4n) is 2.77. The van der Waals surface area contributed by atoms with E-state index in [1.54, 1.807) is 0 Å². The lowest BCUT2D eigenvalue weighted by molar-refractivity contribution is -0.147. The molecule has 0 saturated heterocycles. The van der Waals surface area contributed by atoms with Crippen LogP contribution in [-0.2, 0) is 9.59 Å². The van der Waals surface area contributed by atoms with Crippen molar-refractivity contribution >= 4 is 11.9 Å². The van der Waals surface area contributed by atoms with Crippen LogP contribution in [0.2, 0.25) is 0 Å². The molecule has 2 aliphatic carbocycles. The lowest BCUT2D eigenvalue weighted by atomic mass is 9.82. The van der Waals surface area contributed by atoms with Crippen molar-refractivity contribution in [3.05, 3.63) is 12.2 Å². The molecule has 2 N–H and O–H groups in total. The number of nitrogens with one attached hydrogen (secondary N) is 1. The summed E-state index contributed by atoms with van der Waals surface area (Å²) in [7, 11) is 0. The first-order chi connectivity index (χ1) is 7.65. The highest BCUT2D eigenvalue weighted by atomic mass is 16.4. The van der Waals surface area contributed by atoms with Gasteiger partial charge in [-0.3, -0.25) is 9.59 Å². The van der Waals surface area contributed by atoms with Crippen molar-refractivity contribution in [3.63, 3.8) is 0 Å². The van der Waals surface area contributed by atoms with Crippen molar-refractivity contribution < 1.29 is 14.7 Å². The van der Waals surface area contributed by atoms with Crippen LogP contribution < -0.4 is 5.32 Å². The number of terminal acetylenes is 1. The molecule has 4 unspecified atom stereocenters. The molecule has 4 atom stereocenters. The summed E-state index contributed by atoms with van der Waals surface area (Å²) in [5, 5.41) is 11.7. The number of carboxylic acid groups (broad SMARTS) is 1. The summed E-state index contributed by atoms with van der Waals surface area (Å²) in [4.78, 5) is 22.9. The van der Waals surface area contributed by atoms with E-state index in [2.05, 4.69) is 11.2 Å². The number of carbonyl (C=O) groups excluding carboxylic acids is 1. The van der Waals surface area contributed by atoms with E-state index in [4.69, 9.17) is 11.5 Å². The maximum Gasteiger partial charge on any atom is 0.307 e. The maximum atomic E-state index is 11.8. The maximum absolute atomic E-state index is 11.8. The number of allylic oxidation sites excluding steroid dienone is 2. The monoisotopic (exact) mass is 219 g/mol. The molecule has 2 aliphatic rings. The zero-order chi connectivity index (χ0) is 11.7. The quantitative estimate of drug-likeness (QED) is 0.528. The van der Waals surface area contributed by atoms with Crippen LogP contribution >= 0.6 is 0 Å². The van der Waals surface area contributed by atoms with E-state index >= 15 is 0 Å². The number of carbonyl (C=O) groups is 2. The largest absolute Gasteiger partial charge is 0.481 e. The van der Waals surface area contributed by atoms with Gasteiger partial charge in [0, 0.05) is 0 Å². The van der Waals surface area contributed by atoms with Crippen molar-refractivity contribution in [2.24, 2.45) is 23.7 Å². The molecule has 0 aromatic rings. The minimum atomic E-state index is -0.891. The summed E-state index contributed by atoms with van der Waals surface area (Å²) in [6, 6.07) is 0. The Morgan fingerprint density at radius 3 is 2.56 bits per heavy atom. The number of carboxylic acids is 1. The average Bonchev–Trinajstić information content (AvgIpc) is 2.84. The smallest absolute Gasteiger partial charge is 0.307 e. The Balaban J connectivity index is 2.14. The van der Waals surface area contributed by atoms with Crippen LogP contribution in [0.3, 0.4) is 0 Å². The van der Waals surface area contributed by atoms with Gasteiger partial charge in [-0.05, 0) is 18.3 Å². The van der Waals surface area contributed by atoms with Crippen LogP contribution in [0, 0.1) is 36.0 Å². The minimum Gasteiger partial charge on any atom is -0.481 e. The Hall–Kier alpha value is -1.76. The predicted molar refractivity (Wildman–Crippen MR) is 57.2 cm³/mol. The van der Waals surface area contributed by atoms with Gasteiger partial charge in [-0.1, -0.05) is 18.1 Å². The number of fused-ring (bicyclic) bond motifs is 2. The van der Waals surface area contributed by atoms with E-state index in [-0.39, 0.29) is 24.3 Å². The molecule has 0 radical (unpaired) electrons. The Bertz CT molecular complexity index is 394. The average molecular weight is 219 g/mol. The Morgan fingerprint density at radius 2 is 2.00 bits per heavy atom. The van der Waals surface area contributed by atoms with E-state index < -0.39 is 17.8 Å². The van der Waals surface area contributed by atoms with Gasteiger partial charge in [0.25, 0.3) is 0 Å². The molecule has 1 saturated carbocycles. The molecule has 0 spiro atoms. The Morgan fingerprint density at radius 1 is 1.38 bits per heavy atom. The lowest BCUT2D eigenvalue weighted by Gasteiger charge is -2.23. The number of hydrogen-bond acceptors (Lipinski definition) is 2. The molecular formula is C12H13NO3. The van der Waals surface area contributed by atoms with Gasteiger partial charge in [-0.15, -0.1) is 6.42 Å². The normalized spacial score (nSPS) is 34.7. The van der Waals surface area contributed by atoms with Gasteiger partial charge in [-0.2, -0.15) is 0 Å². The van der Waals surface area contributed by atoms with E-state index in [0.717, 1.165) is 6.42 Å². The molecule has 0 heterocycles. The zero-order valence-corrected chi connectivity index (χ0v) is 8.72. The molecule has 2 rings (SSSR count). The molecular weight excluding hydrogens is 206 g/mol. The van der Waals surface area contributed by atoms with E-state index in [0.29, 0.717) is 0 Å². The van der Waals surface area contributed by atoms with Crippen LogP contribution in [0.15, 0.2) is 12.2 Å². The van der Waals surface area contributed by atoms with E-state index in [9.17, 15) is 9.59 Å². The lowest BCUT2D eigenvalue weighted by Crippen LogP contribution is -2.40. The summed E-state index contributed by atoms with van der Waals surface area (Å²) in [6.07, 6.45) is 9.68. The van der Waals surface area contributed by atoms with Crippen molar-refractivity contribution in [3.8, 4) is 12.3 Å². The number of rotatable bonds is 3. The minimum absolute atomic E-state index is 0.00378. The number of aliphatic carboxylic acids is 1. The van der Waals surface area contributed by atoms with Crippen LogP contribution in [0.25, 0.3) is 0 Å². The first-order valence-electron chi connectivity index (χ1n) is 5.27. The summed E-state index contributed by atoms with van der Waals surface area (Å²) >= 11 is 0. The zero-order valence-electron chi connectivity index (χ0n) is 8.72. The third-order valence-electron chi connectivity index (χ3n) is 3.41. The molecule has 1 fully saturated rings. The molecule has 0 aliphatic heterocycles. The van der Waals surface area contributed by atoms with Gasteiger partial charge in [0.15, 0.2) is 0 Å². The van der Waals surface area contributed by atoms with Crippen molar-refractivity contribution in [1.29, 1.82) is 0 Å². The molecule has 2 bridgehead atoms. The molecule has 4 heteroatoms. The van der Waals surface area contributed by atoms with Gasteiger partial charge in [0.1, 0.15) is 0 Å². The fourth-order valence-corrected chi connectivity index (χ4v) is 2.77. The summed E-state index contributed by atoms with van der Waals surface area (Å²) in [6.45, 7) is 0.156. The molecule has 0 aromatic carbocycles. The highest BCUT2D eigenvalue weighted by Gasteiger charge is 2.51. The van der Waals surface area contributed by atoms with Gasteiger partial charge in [0.2, 0.25) is 5.91 Å². The second kappa shape index (κ2) is 4.01.